The molecule has 2 rings (SSSR count). The standard InChI is InChI=1S/C13H25N3O/c1-13(2)9-16(6-5-11(13)14)8-12(17)15-7-10-3-4-10/h10-11H,3-9,14H2,1-2H3,(H,15,17). The first kappa shape index (κ1) is 12.8. The highest BCUT2D eigenvalue weighted by atomic mass is 16.2. The van der Waals surface area contributed by atoms with E-state index in [1.165, 1.54) is 12.8 Å². The summed E-state index contributed by atoms with van der Waals surface area (Å²) in [5.74, 6) is 0.924. The largest absolute Gasteiger partial charge is 0.355 e. The predicted octanol–water partition coefficient (Wildman–Crippen LogP) is 0.572. The number of hydrogen-bond donors (Lipinski definition) is 2. The molecule has 98 valence electrons. The van der Waals surface area contributed by atoms with Gasteiger partial charge in [0.05, 0.1) is 6.54 Å². The van der Waals surface area contributed by atoms with Crippen molar-refractivity contribution in [3.05, 3.63) is 0 Å². The van der Waals surface area contributed by atoms with Crippen molar-refractivity contribution in [2.45, 2.75) is 39.2 Å². The van der Waals surface area contributed by atoms with Crippen molar-refractivity contribution in [1.82, 2.24) is 10.2 Å². The van der Waals surface area contributed by atoms with E-state index in [4.69, 9.17) is 5.73 Å². The van der Waals surface area contributed by atoms with Gasteiger partial charge >= 0.3 is 0 Å². The first-order valence-corrected chi connectivity index (χ1v) is 6.72. The van der Waals surface area contributed by atoms with E-state index in [0.717, 1.165) is 32.0 Å². The minimum atomic E-state index is 0.120. The van der Waals surface area contributed by atoms with Crippen molar-refractivity contribution in [2.24, 2.45) is 17.1 Å². The van der Waals surface area contributed by atoms with Crippen molar-refractivity contribution < 1.29 is 4.79 Å². The smallest absolute Gasteiger partial charge is 0.234 e. The Morgan fingerprint density at radius 2 is 2.12 bits per heavy atom. The average molecular weight is 239 g/mol. The van der Waals surface area contributed by atoms with E-state index in [1.54, 1.807) is 0 Å². The van der Waals surface area contributed by atoms with Crippen LogP contribution in [0.3, 0.4) is 0 Å². The van der Waals surface area contributed by atoms with E-state index in [1.807, 2.05) is 0 Å². The molecule has 1 saturated carbocycles. The molecule has 0 aromatic carbocycles. The quantitative estimate of drug-likeness (QED) is 0.754. The number of carbonyl (C=O) groups is 1. The molecule has 3 N–H and O–H groups in total. The lowest BCUT2D eigenvalue weighted by atomic mass is 9.80. The summed E-state index contributed by atoms with van der Waals surface area (Å²) in [5, 5.41) is 3.02. The van der Waals surface area contributed by atoms with Crippen LogP contribution >= 0.6 is 0 Å². The van der Waals surface area contributed by atoms with E-state index in [9.17, 15) is 4.79 Å². The lowest BCUT2D eigenvalue weighted by molar-refractivity contribution is -0.123. The van der Waals surface area contributed by atoms with E-state index in [-0.39, 0.29) is 17.4 Å². The Labute approximate surface area is 104 Å². The molecule has 4 nitrogen and oxygen atoms in total. The number of nitrogens with zero attached hydrogens (tertiary/aromatic N) is 1. The number of likely N-dealkylation sites (tertiary alicyclic amines) is 1. The number of rotatable bonds is 4. The van der Waals surface area contributed by atoms with E-state index >= 15 is 0 Å². The van der Waals surface area contributed by atoms with E-state index in [0.29, 0.717) is 6.54 Å². The summed E-state index contributed by atoms with van der Waals surface area (Å²) in [6.45, 7) is 7.64. The third-order valence-corrected chi connectivity index (χ3v) is 4.04. The number of nitrogens with one attached hydrogen (secondary N) is 1. The summed E-state index contributed by atoms with van der Waals surface area (Å²) in [7, 11) is 0. The highest BCUT2D eigenvalue weighted by Crippen LogP contribution is 2.28. The molecule has 4 heteroatoms. The second kappa shape index (κ2) is 4.94. The van der Waals surface area contributed by atoms with Crippen LogP contribution in [0.15, 0.2) is 0 Å². The normalized spacial score (nSPS) is 29.0. The van der Waals surface area contributed by atoms with Crippen LogP contribution in [0.2, 0.25) is 0 Å². The lowest BCUT2D eigenvalue weighted by Crippen LogP contribution is -2.54. The molecule has 0 aromatic heterocycles. The van der Waals surface area contributed by atoms with Crippen LogP contribution in [0.25, 0.3) is 0 Å². The van der Waals surface area contributed by atoms with Gasteiger partial charge in [-0.3, -0.25) is 9.69 Å². The minimum absolute atomic E-state index is 0.120. The van der Waals surface area contributed by atoms with Crippen molar-refractivity contribution >= 4 is 5.91 Å². The zero-order chi connectivity index (χ0) is 12.5. The molecule has 1 unspecified atom stereocenters. The van der Waals surface area contributed by atoms with Crippen LogP contribution in [0.4, 0.5) is 0 Å². The highest BCUT2D eigenvalue weighted by molar-refractivity contribution is 5.78. The predicted molar refractivity (Wildman–Crippen MR) is 68.5 cm³/mol. The average Bonchev–Trinajstić information content (AvgIpc) is 3.04. The van der Waals surface area contributed by atoms with Gasteiger partial charge in [-0.25, -0.2) is 0 Å². The Kier molecular flexibility index (Phi) is 3.73. The molecule has 0 aromatic rings. The summed E-state index contributed by atoms with van der Waals surface area (Å²) in [6.07, 6.45) is 3.56. The number of hydrogen-bond acceptors (Lipinski definition) is 3. The molecule has 0 bridgehead atoms. The molecule has 0 radical (unpaired) electrons. The molecular formula is C13H25N3O. The highest BCUT2D eigenvalue weighted by Gasteiger charge is 2.34. The van der Waals surface area contributed by atoms with Crippen molar-refractivity contribution in [3.8, 4) is 0 Å². The monoisotopic (exact) mass is 239 g/mol. The summed E-state index contributed by atoms with van der Waals surface area (Å²) in [4.78, 5) is 14.0. The number of nitrogens with two attached hydrogens (primary N) is 1. The number of amides is 1. The molecule has 1 atom stereocenters. The Morgan fingerprint density at radius 3 is 2.71 bits per heavy atom. The summed E-state index contributed by atoms with van der Waals surface area (Å²) in [6, 6.07) is 0.258. The first-order chi connectivity index (χ1) is 7.97. The Balaban J connectivity index is 1.72. The topological polar surface area (TPSA) is 58.4 Å². The van der Waals surface area contributed by atoms with Crippen LogP contribution in [0.5, 0.6) is 0 Å². The van der Waals surface area contributed by atoms with Crippen LogP contribution < -0.4 is 11.1 Å². The van der Waals surface area contributed by atoms with Gasteiger partial charge in [0, 0.05) is 25.7 Å². The van der Waals surface area contributed by atoms with E-state index in [2.05, 4.69) is 24.1 Å². The summed E-state index contributed by atoms with van der Waals surface area (Å²) >= 11 is 0. The van der Waals surface area contributed by atoms with Crippen LogP contribution in [-0.4, -0.2) is 43.0 Å². The number of carbonyl (C=O) groups excluding carboxylic acids is 1. The van der Waals surface area contributed by atoms with Crippen molar-refractivity contribution in [2.75, 3.05) is 26.2 Å². The van der Waals surface area contributed by atoms with Crippen LogP contribution in [-0.2, 0) is 4.79 Å². The first-order valence-electron chi connectivity index (χ1n) is 6.72. The molecule has 1 heterocycles. The van der Waals surface area contributed by atoms with Gasteiger partial charge in [-0.05, 0) is 30.6 Å². The molecule has 17 heavy (non-hydrogen) atoms. The van der Waals surface area contributed by atoms with Gasteiger partial charge in [-0.1, -0.05) is 13.8 Å². The van der Waals surface area contributed by atoms with E-state index < -0.39 is 0 Å². The Morgan fingerprint density at radius 1 is 1.41 bits per heavy atom. The second-order valence-corrected chi connectivity index (χ2v) is 6.34. The van der Waals surface area contributed by atoms with Gasteiger partial charge < -0.3 is 11.1 Å². The van der Waals surface area contributed by atoms with Gasteiger partial charge in [0.1, 0.15) is 0 Å². The molecule has 2 aliphatic rings. The zero-order valence-corrected chi connectivity index (χ0v) is 11.0. The molecule has 1 amide bonds. The van der Waals surface area contributed by atoms with Crippen molar-refractivity contribution in [1.29, 1.82) is 0 Å². The minimum Gasteiger partial charge on any atom is -0.355 e. The van der Waals surface area contributed by atoms with Gasteiger partial charge in [-0.15, -0.1) is 0 Å². The van der Waals surface area contributed by atoms with Gasteiger partial charge in [-0.2, -0.15) is 0 Å². The fourth-order valence-corrected chi connectivity index (χ4v) is 2.46. The van der Waals surface area contributed by atoms with Gasteiger partial charge in [0.15, 0.2) is 0 Å². The maximum atomic E-state index is 11.8. The molecule has 1 aliphatic carbocycles. The molecule has 1 saturated heterocycles. The summed E-state index contributed by atoms with van der Waals surface area (Å²) in [5.41, 5.74) is 6.21. The maximum Gasteiger partial charge on any atom is 0.234 e. The van der Waals surface area contributed by atoms with Gasteiger partial charge in [0.25, 0.3) is 0 Å². The molecule has 0 spiro atoms. The van der Waals surface area contributed by atoms with Gasteiger partial charge in [0.2, 0.25) is 5.91 Å². The lowest BCUT2D eigenvalue weighted by Gasteiger charge is -2.42. The summed E-state index contributed by atoms with van der Waals surface area (Å²) < 4.78 is 0. The van der Waals surface area contributed by atoms with Crippen LogP contribution in [0, 0.1) is 11.3 Å². The van der Waals surface area contributed by atoms with Crippen LogP contribution in [0.1, 0.15) is 33.1 Å². The molecule has 1 aliphatic heterocycles. The number of piperidine rings is 1. The Bertz CT molecular complexity index is 286. The molecular weight excluding hydrogens is 214 g/mol. The SMILES string of the molecule is CC1(C)CN(CC(=O)NCC2CC2)CCC1N. The molecule has 2 fully saturated rings. The third kappa shape index (κ3) is 3.68. The van der Waals surface area contributed by atoms with Crippen molar-refractivity contribution in [3.63, 3.8) is 0 Å². The zero-order valence-electron chi connectivity index (χ0n) is 11.0. The second-order valence-electron chi connectivity index (χ2n) is 6.34. The fraction of sp³-hybridized carbons (Fsp3) is 0.923. The third-order valence-electron chi connectivity index (χ3n) is 4.04. The fourth-order valence-electron chi connectivity index (χ4n) is 2.46. The Hall–Kier alpha value is -0.610. The maximum absolute atomic E-state index is 11.8.